The number of nitrogens with one attached hydrogen (secondary N) is 1. The molecule has 0 saturated heterocycles. The number of fused-ring (bicyclic) bond motifs is 2. The SMILES string of the molecule is O=C(CCc1n[nH]c2c1CCCC2)N1CCc2oc(CCc3cccnc3)nc2C1. The van der Waals surface area contributed by atoms with Crippen LogP contribution in [0, 0.1) is 0 Å². The van der Waals surface area contributed by atoms with Crippen molar-refractivity contribution < 1.29 is 9.21 Å². The molecular weight excluding hydrogens is 378 g/mol. The zero-order valence-electron chi connectivity index (χ0n) is 17.2. The molecule has 1 amide bonds. The van der Waals surface area contributed by atoms with E-state index >= 15 is 0 Å². The van der Waals surface area contributed by atoms with Gasteiger partial charge < -0.3 is 9.32 Å². The number of rotatable bonds is 6. The zero-order valence-corrected chi connectivity index (χ0v) is 17.2. The summed E-state index contributed by atoms with van der Waals surface area (Å²) in [6.07, 6.45) is 11.8. The maximum absolute atomic E-state index is 12.8. The van der Waals surface area contributed by atoms with E-state index in [1.165, 1.54) is 29.7 Å². The molecule has 0 atom stereocenters. The van der Waals surface area contributed by atoms with Crippen LogP contribution in [0.1, 0.15) is 59.1 Å². The van der Waals surface area contributed by atoms with Gasteiger partial charge in [0.05, 0.1) is 12.2 Å². The van der Waals surface area contributed by atoms with Crippen LogP contribution in [-0.2, 0) is 49.9 Å². The zero-order chi connectivity index (χ0) is 20.3. The molecule has 0 bridgehead atoms. The third-order valence-electron chi connectivity index (χ3n) is 6.19. The summed E-state index contributed by atoms with van der Waals surface area (Å²) >= 11 is 0. The Labute approximate surface area is 175 Å². The van der Waals surface area contributed by atoms with Crippen LogP contribution in [0.25, 0.3) is 0 Å². The predicted octanol–water partition coefficient (Wildman–Crippen LogP) is 2.97. The van der Waals surface area contributed by atoms with Crippen molar-refractivity contribution in [1.29, 1.82) is 0 Å². The van der Waals surface area contributed by atoms with E-state index in [0.717, 1.165) is 55.1 Å². The van der Waals surface area contributed by atoms with E-state index in [2.05, 4.69) is 26.2 Å². The van der Waals surface area contributed by atoms with Gasteiger partial charge in [-0.3, -0.25) is 14.9 Å². The van der Waals surface area contributed by atoms with Gasteiger partial charge in [0.1, 0.15) is 11.5 Å². The topological polar surface area (TPSA) is 87.9 Å². The lowest BCUT2D eigenvalue weighted by Gasteiger charge is -2.25. The van der Waals surface area contributed by atoms with Gasteiger partial charge in [0.15, 0.2) is 5.89 Å². The number of aromatic nitrogens is 4. The normalized spacial score (nSPS) is 15.7. The molecule has 4 heterocycles. The van der Waals surface area contributed by atoms with Gasteiger partial charge in [-0.15, -0.1) is 0 Å². The van der Waals surface area contributed by atoms with Crippen LogP contribution in [0.2, 0.25) is 0 Å². The molecule has 0 fully saturated rings. The Kier molecular flexibility index (Phi) is 5.34. The fourth-order valence-electron chi connectivity index (χ4n) is 4.51. The first-order chi connectivity index (χ1) is 14.8. The Bertz CT molecular complexity index is 1020. The molecule has 0 unspecified atom stereocenters. The summed E-state index contributed by atoms with van der Waals surface area (Å²) in [5.41, 5.74) is 5.78. The van der Waals surface area contributed by atoms with Crippen LogP contribution in [0.15, 0.2) is 28.9 Å². The molecule has 3 aromatic heterocycles. The van der Waals surface area contributed by atoms with Crippen molar-refractivity contribution in [3.05, 3.63) is 64.4 Å². The molecule has 1 aliphatic carbocycles. The van der Waals surface area contributed by atoms with Crippen LogP contribution in [0.5, 0.6) is 0 Å². The lowest BCUT2D eigenvalue weighted by molar-refractivity contribution is -0.132. The molecular formula is C23H27N5O2. The molecule has 0 aromatic carbocycles. The largest absolute Gasteiger partial charge is 0.445 e. The first kappa shape index (κ1) is 19.0. The Morgan fingerprint density at radius 2 is 2.10 bits per heavy atom. The molecule has 5 rings (SSSR count). The summed E-state index contributed by atoms with van der Waals surface area (Å²) in [6, 6.07) is 4.00. The molecule has 2 aliphatic rings. The van der Waals surface area contributed by atoms with Gasteiger partial charge in [0, 0.05) is 50.3 Å². The highest BCUT2D eigenvalue weighted by molar-refractivity contribution is 5.76. The molecule has 0 spiro atoms. The molecule has 1 N–H and O–H groups in total. The molecule has 0 radical (unpaired) electrons. The van der Waals surface area contributed by atoms with Crippen LogP contribution in [0.3, 0.4) is 0 Å². The number of carbonyl (C=O) groups is 1. The number of nitrogens with zero attached hydrogens (tertiary/aromatic N) is 4. The van der Waals surface area contributed by atoms with Gasteiger partial charge in [0.25, 0.3) is 0 Å². The Hall–Kier alpha value is -2.96. The van der Waals surface area contributed by atoms with Gasteiger partial charge in [0.2, 0.25) is 5.91 Å². The van der Waals surface area contributed by atoms with E-state index < -0.39 is 0 Å². The maximum atomic E-state index is 12.8. The van der Waals surface area contributed by atoms with Gasteiger partial charge in [-0.05, 0) is 49.3 Å². The van der Waals surface area contributed by atoms with Crippen LogP contribution in [-0.4, -0.2) is 37.5 Å². The number of oxazole rings is 1. The van der Waals surface area contributed by atoms with Crippen LogP contribution < -0.4 is 0 Å². The summed E-state index contributed by atoms with van der Waals surface area (Å²) in [5.74, 6) is 1.86. The summed E-state index contributed by atoms with van der Waals surface area (Å²) in [6.45, 7) is 1.24. The van der Waals surface area contributed by atoms with Gasteiger partial charge in [-0.2, -0.15) is 5.10 Å². The Balaban J connectivity index is 1.17. The number of amides is 1. The van der Waals surface area contributed by atoms with Crippen LogP contribution >= 0.6 is 0 Å². The van der Waals surface area contributed by atoms with Crippen LogP contribution in [0.4, 0.5) is 0 Å². The number of carbonyl (C=O) groups excluding carboxylic acids is 1. The number of hydrogen-bond donors (Lipinski definition) is 1. The number of pyridine rings is 1. The number of hydrogen-bond acceptors (Lipinski definition) is 5. The molecule has 7 heteroatoms. The van der Waals surface area contributed by atoms with Crippen molar-refractivity contribution >= 4 is 5.91 Å². The number of H-pyrrole nitrogens is 1. The molecule has 7 nitrogen and oxygen atoms in total. The minimum absolute atomic E-state index is 0.174. The van der Waals surface area contributed by atoms with Crippen molar-refractivity contribution in [3.63, 3.8) is 0 Å². The number of aromatic amines is 1. The highest BCUT2D eigenvalue weighted by atomic mass is 16.4. The highest BCUT2D eigenvalue weighted by Crippen LogP contribution is 2.24. The summed E-state index contributed by atoms with van der Waals surface area (Å²) < 4.78 is 5.95. The van der Waals surface area contributed by atoms with Crippen molar-refractivity contribution in [2.45, 2.75) is 64.3 Å². The third-order valence-corrected chi connectivity index (χ3v) is 6.19. The Morgan fingerprint density at radius 1 is 1.17 bits per heavy atom. The molecule has 0 saturated carbocycles. The van der Waals surface area contributed by atoms with Gasteiger partial charge in [-0.25, -0.2) is 4.98 Å². The smallest absolute Gasteiger partial charge is 0.223 e. The van der Waals surface area contributed by atoms with Crippen molar-refractivity contribution in [2.75, 3.05) is 6.54 Å². The Morgan fingerprint density at radius 3 is 3.00 bits per heavy atom. The average molecular weight is 406 g/mol. The predicted molar refractivity (Wildman–Crippen MR) is 111 cm³/mol. The standard InChI is InChI=1S/C23H27N5O2/c29-23(10-8-19-17-5-1-2-6-18(17)26-27-19)28-13-11-21-20(15-28)25-22(30-21)9-7-16-4-3-12-24-14-16/h3-4,12,14H,1-2,5-11,13,15H2,(H,26,27). The van der Waals surface area contributed by atoms with E-state index in [0.29, 0.717) is 25.9 Å². The van der Waals surface area contributed by atoms with Crippen molar-refractivity contribution in [2.24, 2.45) is 0 Å². The third kappa shape index (κ3) is 4.01. The molecule has 3 aromatic rings. The maximum Gasteiger partial charge on any atom is 0.223 e. The second-order valence-electron chi connectivity index (χ2n) is 8.24. The van der Waals surface area contributed by atoms with E-state index in [4.69, 9.17) is 4.42 Å². The monoisotopic (exact) mass is 405 g/mol. The first-order valence-corrected chi connectivity index (χ1v) is 11.0. The fourth-order valence-corrected chi connectivity index (χ4v) is 4.51. The summed E-state index contributed by atoms with van der Waals surface area (Å²) in [5, 5.41) is 7.64. The quantitative estimate of drug-likeness (QED) is 0.681. The minimum atomic E-state index is 0.174. The van der Waals surface area contributed by atoms with Crippen molar-refractivity contribution in [3.8, 4) is 0 Å². The second-order valence-corrected chi connectivity index (χ2v) is 8.24. The van der Waals surface area contributed by atoms with Crippen molar-refractivity contribution in [1.82, 2.24) is 25.1 Å². The number of aryl methyl sites for hydroxylation is 4. The molecule has 1 aliphatic heterocycles. The summed E-state index contributed by atoms with van der Waals surface area (Å²) in [4.78, 5) is 23.5. The molecule has 30 heavy (non-hydrogen) atoms. The van der Waals surface area contributed by atoms with E-state index in [9.17, 15) is 4.79 Å². The lowest BCUT2D eigenvalue weighted by Crippen LogP contribution is -2.36. The van der Waals surface area contributed by atoms with Gasteiger partial charge >= 0.3 is 0 Å². The molecule has 156 valence electrons. The minimum Gasteiger partial charge on any atom is -0.445 e. The fraction of sp³-hybridized carbons (Fsp3) is 0.478. The summed E-state index contributed by atoms with van der Waals surface area (Å²) in [7, 11) is 0. The second kappa shape index (κ2) is 8.42. The highest BCUT2D eigenvalue weighted by Gasteiger charge is 2.26. The van der Waals surface area contributed by atoms with E-state index in [-0.39, 0.29) is 5.91 Å². The average Bonchev–Trinajstić information content (AvgIpc) is 3.40. The van der Waals surface area contributed by atoms with E-state index in [1.807, 2.05) is 17.2 Å². The van der Waals surface area contributed by atoms with Gasteiger partial charge in [-0.1, -0.05) is 6.07 Å². The lowest BCUT2D eigenvalue weighted by atomic mass is 9.94. The first-order valence-electron chi connectivity index (χ1n) is 11.0. The van der Waals surface area contributed by atoms with E-state index in [1.54, 1.807) is 6.20 Å².